The summed E-state index contributed by atoms with van der Waals surface area (Å²) in [5.41, 5.74) is 10.9. The fourth-order valence-corrected chi connectivity index (χ4v) is 3.51. The summed E-state index contributed by atoms with van der Waals surface area (Å²) in [7, 11) is 0. The molecule has 1 aromatic heterocycles. The van der Waals surface area contributed by atoms with Crippen LogP contribution in [0, 0.1) is 0 Å². The zero-order chi connectivity index (χ0) is 23.2. The molecule has 0 aliphatic heterocycles. The molecule has 4 aromatic rings. The second-order valence-electron chi connectivity index (χ2n) is 7.15. The summed E-state index contributed by atoms with van der Waals surface area (Å²) in [6.07, 6.45) is 1.67. The number of halogens is 1. The number of hydrogen-bond acceptors (Lipinski definition) is 6. The molecule has 0 unspecified atom stereocenters. The van der Waals surface area contributed by atoms with Crippen LogP contribution in [-0.4, -0.2) is 28.2 Å². The third-order valence-electron chi connectivity index (χ3n) is 4.87. The summed E-state index contributed by atoms with van der Waals surface area (Å²) in [5.74, 6) is 5.08. The van der Waals surface area contributed by atoms with E-state index in [1.807, 2.05) is 42.5 Å². The predicted octanol–water partition coefficient (Wildman–Crippen LogP) is 2.70. The van der Waals surface area contributed by atoms with Gasteiger partial charge in [-0.15, -0.1) is 5.10 Å². The predicted molar refractivity (Wildman–Crippen MR) is 129 cm³/mol. The van der Waals surface area contributed by atoms with Gasteiger partial charge < -0.3 is 15.5 Å². The van der Waals surface area contributed by atoms with Crippen LogP contribution in [0.2, 0.25) is 5.02 Å². The molecule has 0 spiro atoms. The Bertz CT molecular complexity index is 1290. The highest BCUT2D eigenvalue weighted by Gasteiger charge is 2.20. The van der Waals surface area contributed by atoms with Crippen LogP contribution in [0.5, 0.6) is 0 Å². The van der Waals surface area contributed by atoms with Gasteiger partial charge in [-0.3, -0.25) is 4.79 Å². The maximum absolute atomic E-state index is 13.3. The Balaban J connectivity index is 1.63. The first-order valence-corrected chi connectivity index (χ1v) is 10.4. The van der Waals surface area contributed by atoms with Gasteiger partial charge >= 0.3 is 0 Å². The number of anilines is 1. The summed E-state index contributed by atoms with van der Waals surface area (Å²) in [6.45, 7) is 0.386. The molecular formula is C23H22ClN7O2. The summed E-state index contributed by atoms with van der Waals surface area (Å²) in [5, 5.41) is 9.33. The van der Waals surface area contributed by atoms with E-state index in [9.17, 15) is 4.79 Å². The van der Waals surface area contributed by atoms with E-state index in [0.29, 0.717) is 22.9 Å². The van der Waals surface area contributed by atoms with E-state index < -0.39 is 0 Å². The van der Waals surface area contributed by atoms with Crippen molar-refractivity contribution in [2.24, 2.45) is 16.7 Å². The number of aromatic nitrogens is 2. The van der Waals surface area contributed by atoms with Gasteiger partial charge in [-0.05, 0) is 42.0 Å². The van der Waals surface area contributed by atoms with E-state index in [2.05, 4.69) is 15.7 Å². The standard InChI is InChI=1S/C23H22ClN7O2/c24-19-8-4-7-17(11-19)23(32)30(14-22(25)28-29-26)20-9-10-21-18(12-20)13-27-31(21)33-15-16-5-2-1-3-6-16/h1-13,29H,14-15,26H2,(H2,25,28). The first-order chi connectivity index (χ1) is 16.0. The van der Waals surface area contributed by atoms with Crippen molar-refractivity contribution in [1.29, 1.82) is 0 Å². The van der Waals surface area contributed by atoms with Gasteiger partial charge in [-0.25, -0.2) is 11.4 Å². The lowest BCUT2D eigenvalue weighted by molar-refractivity contribution is 0.0795. The Morgan fingerprint density at radius 1 is 1.12 bits per heavy atom. The van der Waals surface area contributed by atoms with Crippen LogP contribution < -0.4 is 26.8 Å². The lowest BCUT2D eigenvalue weighted by atomic mass is 10.1. The molecule has 0 saturated carbocycles. The fourth-order valence-electron chi connectivity index (χ4n) is 3.31. The summed E-state index contributed by atoms with van der Waals surface area (Å²) < 4.78 is 0. The number of rotatable bonds is 8. The van der Waals surface area contributed by atoms with Crippen LogP contribution in [0.15, 0.2) is 84.1 Å². The maximum Gasteiger partial charge on any atom is 0.258 e. The number of fused-ring (bicyclic) bond motifs is 1. The zero-order valence-electron chi connectivity index (χ0n) is 17.6. The molecule has 0 aliphatic carbocycles. The van der Waals surface area contributed by atoms with E-state index in [1.54, 1.807) is 36.5 Å². The highest BCUT2D eigenvalue weighted by Crippen LogP contribution is 2.24. The lowest BCUT2D eigenvalue weighted by Gasteiger charge is -2.23. The Labute approximate surface area is 195 Å². The van der Waals surface area contributed by atoms with Gasteiger partial charge in [0.25, 0.3) is 5.91 Å². The fraction of sp³-hybridized carbons (Fsp3) is 0.0870. The molecule has 5 N–H and O–H groups in total. The van der Waals surface area contributed by atoms with E-state index in [1.165, 1.54) is 9.75 Å². The van der Waals surface area contributed by atoms with Crippen molar-refractivity contribution in [2.45, 2.75) is 6.61 Å². The minimum Gasteiger partial charge on any atom is -0.391 e. The van der Waals surface area contributed by atoms with Crippen LogP contribution in [0.3, 0.4) is 0 Å². The molecular weight excluding hydrogens is 442 g/mol. The minimum absolute atomic E-state index is 0.0136. The molecule has 3 aromatic carbocycles. The van der Waals surface area contributed by atoms with Gasteiger partial charge in [0.2, 0.25) is 0 Å². The van der Waals surface area contributed by atoms with Crippen LogP contribution >= 0.6 is 11.6 Å². The molecule has 1 heterocycles. The number of carbonyl (C=O) groups excluding carboxylic acids is 1. The molecule has 33 heavy (non-hydrogen) atoms. The molecule has 0 atom stereocenters. The second kappa shape index (κ2) is 10.0. The van der Waals surface area contributed by atoms with Gasteiger partial charge in [0.05, 0.1) is 12.7 Å². The quantitative estimate of drug-likeness (QED) is 0.160. The summed E-state index contributed by atoms with van der Waals surface area (Å²) in [6, 6.07) is 22.0. The third kappa shape index (κ3) is 5.22. The van der Waals surface area contributed by atoms with Gasteiger partial charge in [0.15, 0.2) is 0 Å². The number of hydrazone groups is 1. The molecule has 4 rings (SSSR count). The molecule has 0 saturated heterocycles. The first-order valence-electron chi connectivity index (χ1n) is 10.1. The monoisotopic (exact) mass is 463 g/mol. The van der Waals surface area contributed by atoms with E-state index in [-0.39, 0.29) is 18.3 Å². The van der Waals surface area contributed by atoms with Crippen molar-refractivity contribution in [2.75, 3.05) is 11.4 Å². The van der Waals surface area contributed by atoms with Gasteiger partial charge in [0.1, 0.15) is 18.0 Å². The van der Waals surface area contributed by atoms with Gasteiger partial charge in [-0.1, -0.05) is 52.8 Å². The van der Waals surface area contributed by atoms with Crippen LogP contribution in [-0.2, 0) is 6.61 Å². The molecule has 168 valence electrons. The van der Waals surface area contributed by atoms with E-state index >= 15 is 0 Å². The third-order valence-corrected chi connectivity index (χ3v) is 5.11. The highest BCUT2D eigenvalue weighted by atomic mass is 35.5. The summed E-state index contributed by atoms with van der Waals surface area (Å²) >= 11 is 6.08. The topological polar surface area (TPSA) is 124 Å². The van der Waals surface area contributed by atoms with Crippen molar-refractivity contribution in [3.63, 3.8) is 0 Å². The number of carbonyl (C=O) groups is 1. The van der Waals surface area contributed by atoms with Crippen molar-refractivity contribution in [3.8, 4) is 0 Å². The van der Waals surface area contributed by atoms with E-state index in [0.717, 1.165) is 16.5 Å². The van der Waals surface area contributed by atoms with Gasteiger partial charge in [-0.2, -0.15) is 5.10 Å². The smallest absolute Gasteiger partial charge is 0.258 e. The van der Waals surface area contributed by atoms with Crippen LogP contribution in [0.1, 0.15) is 15.9 Å². The molecule has 0 fully saturated rings. The highest BCUT2D eigenvalue weighted by molar-refractivity contribution is 6.31. The minimum atomic E-state index is -0.292. The number of benzene rings is 3. The average molecular weight is 464 g/mol. The van der Waals surface area contributed by atoms with Crippen molar-refractivity contribution in [1.82, 2.24) is 15.5 Å². The van der Waals surface area contributed by atoms with Crippen LogP contribution in [0.25, 0.3) is 10.9 Å². The molecule has 0 aliphatic rings. The zero-order valence-corrected chi connectivity index (χ0v) is 18.3. The molecule has 0 radical (unpaired) electrons. The molecule has 0 bridgehead atoms. The number of nitrogens with two attached hydrogens (primary N) is 2. The average Bonchev–Trinajstić information content (AvgIpc) is 3.24. The Kier molecular flexibility index (Phi) is 6.72. The number of amides is 1. The lowest BCUT2D eigenvalue weighted by Crippen LogP contribution is -2.40. The number of amidine groups is 1. The largest absolute Gasteiger partial charge is 0.391 e. The van der Waals surface area contributed by atoms with Crippen molar-refractivity contribution in [3.05, 3.63) is 95.1 Å². The SMILES string of the molecule is NN/N=C(\N)CN(C(=O)c1cccc(Cl)c1)c1ccc2c(cnn2OCc2ccccc2)c1. The number of hydrogen-bond donors (Lipinski definition) is 3. The molecule has 1 amide bonds. The maximum atomic E-state index is 13.3. The van der Waals surface area contributed by atoms with E-state index in [4.69, 9.17) is 28.0 Å². The first kappa shape index (κ1) is 22.1. The number of nitrogens with one attached hydrogen (secondary N) is 1. The van der Waals surface area contributed by atoms with Crippen molar-refractivity contribution < 1.29 is 9.63 Å². The second-order valence-corrected chi connectivity index (χ2v) is 7.59. The number of hydrazine groups is 1. The molecule has 10 heteroatoms. The Hall–Kier alpha value is -4.08. The van der Waals surface area contributed by atoms with Gasteiger partial charge in [0, 0.05) is 21.7 Å². The molecule has 9 nitrogen and oxygen atoms in total. The van der Waals surface area contributed by atoms with Crippen LogP contribution in [0.4, 0.5) is 5.69 Å². The Morgan fingerprint density at radius 2 is 1.94 bits per heavy atom. The number of nitrogens with zero attached hydrogens (tertiary/aromatic N) is 4. The normalized spacial score (nSPS) is 11.4. The Morgan fingerprint density at radius 3 is 2.70 bits per heavy atom. The van der Waals surface area contributed by atoms with Crippen molar-refractivity contribution >= 4 is 39.9 Å². The summed E-state index contributed by atoms with van der Waals surface area (Å²) in [4.78, 5) is 22.1.